The van der Waals surface area contributed by atoms with Gasteiger partial charge in [0.05, 0.1) is 15.6 Å². The molecule has 0 bridgehead atoms. The molecule has 0 atom stereocenters. The minimum absolute atomic E-state index is 0.0234. The van der Waals surface area contributed by atoms with E-state index in [2.05, 4.69) is 10.0 Å². The first-order valence-electron chi connectivity index (χ1n) is 6.26. The van der Waals surface area contributed by atoms with Gasteiger partial charge in [0, 0.05) is 13.1 Å². The van der Waals surface area contributed by atoms with E-state index in [1.54, 1.807) is 12.1 Å². The maximum absolute atomic E-state index is 13.2. The quantitative estimate of drug-likeness (QED) is 0.912. The third-order valence-corrected chi connectivity index (χ3v) is 4.98. The van der Waals surface area contributed by atoms with E-state index in [9.17, 15) is 12.8 Å². The van der Waals surface area contributed by atoms with Gasteiger partial charge in [0.1, 0.15) is 5.82 Å². The summed E-state index contributed by atoms with van der Waals surface area (Å²) in [5.74, 6) is -0.560. The highest BCUT2D eigenvalue weighted by molar-refractivity contribution is 7.92. The highest BCUT2D eigenvalue weighted by atomic mass is 35.5. The molecule has 0 aromatic heterocycles. The van der Waals surface area contributed by atoms with Crippen LogP contribution in [0.5, 0.6) is 0 Å². The SMILES string of the molecule is O=S(=O)(Nc1cc(F)ccc1Cl)c1ccc2c(c1)CNC2. The van der Waals surface area contributed by atoms with E-state index in [1.165, 1.54) is 18.2 Å². The van der Waals surface area contributed by atoms with Crippen LogP contribution in [0.15, 0.2) is 41.3 Å². The Morgan fingerprint density at radius 1 is 1.10 bits per heavy atom. The number of benzene rings is 2. The average molecular weight is 327 g/mol. The fourth-order valence-corrected chi connectivity index (χ4v) is 3.56. The molecule has 0 fully saturated rings. The molecule has 0 amide bonds. The summed E-state index contributed by atoms with van der Waals surface area (Å²) in [4.78, 5) is 0.130. The Labute approximate surface area is 127 Å². The van der Waals surface area contributed by atoms with Crippen LogP contribution in [0.25, 0.3) is 0 Å². The van der Waals surface area contributed by atoms with Gasteiger partial charge in [-0.05, 0) is 41.5 Å². The maximum atomic E-state index is 13.2. The van der Waals surface area contributed by atoms with Gasteiger partial charge in [-0.2, -0.15) is 0 Å². The minimum atomic E-state index is -3.80. The van der Waals surface area contributed by atoms with Crippen LogP contribution in [0.3, 0.4) is 0 Å². The van der Waals surface area contributed by atoms with Gasteiger partial charge in [-0.1, -0.05) is 17.7 Å². The van der Waals surface area contributed by atoms with Crippen molar-refractivity contribution in [2.75, 3.05) is 4.72 Å². The highest BCUT2D eigenvalue weighted by Crippen LogP contribution is 2.26. The molecule has 2 aromatic rings. The lowest BCUT2D eigenvalue weighted by Crippen LogP contribution is -2.13. The van der Waals surface area contributed by atoms with E-state index < -0.39 is 15.8 Å². The molecule has 4 nitrogen and oxygen atoms in total. The fourth-order valence-electron chi connectivity index (χ4n) is 2.22. The summed E-state index contributed by atoms with van der Waals surface area (Å²) in [7, 11) is -3.80. The van der Waals surface area contributed by atoms with Crippen molar-refractivity contribution >= 4 is 27.3 Å². The lowest BCUT2D eigenvalue weighted by atomic mass is 10.1. The van der Waals surface area contributed by atoms with E-state index >= 15 is 0 Å². The molecule has 2 N–H and O–H groups in total. The smallest absolute Gasteiger partial charge is 0.261 e. The standard InChI is InChI=1S/C14H12ClFN2O2S/c15-13-4-2-11(16)6-14(13)18-21(19,20)12-3-1-9-7-17-8-10(9)5-12/h1-6,17-18H,7-8H2. The molecule has 0 unspecified atom stereocenters. The molecular weight excluding hydrogens is 315 g/mol. The lowest BCUT2D eigenvalue weighted by Gasteiger charge is -2.10. The molecular formula is C14H12ClFN2O2S. The van der Waals surface area contributed by atoms with Crippen molar-refractivity contribution in [1.29, 1.82) is 0 Å². The molecule has 7 heteroatoms. The largest absolute Gasteiger partial charge is 0.309 e. The molecule has 3 rings (SSSR count). The number of rotatable bonds is 3. The summed E-state index contributed by atoms with van der Waals surface area (Å²) in [6.07, 6.45) is 0. The van der Waals surface area contributed by atoms with Crippen LogP contribution in [-0.4, -0.2) is 8.42 Å². The molecule has 0 radical (unpaired) electrons. The molecule has 0 aliphatic carbocycles. The summed E-state index contributed by atoms with van der Waals surface area (Å²) >= 11 is 5.88. The molecule has 1 heterocycles. The van der Waals surface area contributed by atoms with Gasteiger partial charge < -0.3 is 5.32 Å². The van der Waals surface area contributed by atoms with Gasteiger partial charge in [-0.15, -0.1) is 0 Å². The van der Waals surface area contributed by atoms with Crippen molar-refractivity contribution in [3.8, 4) is 0 Å². The van der Waals surface area contributed by atoms with Gasteiger partial charge in [-0.3, -0.25) is 4.72 Å². The number of anilines is 1. The van der Waals surface area contributed by atoms with Crippen LogP contribution in [0.2, 0.25) is 5.02 Å². The Bertz CT molecular complexity index is 809. The van der Waals surface area contributed by atoms with Crippen molar-refractivity contribution in [1.82, 2.24) is 5.32 Å². The minimum Gasteiger partial charge on any atom is -0.309 e. The van der Waals surface area contributed by atoms with Crippen molar-refractivity contribution in [2.45, 2.75) is 18.0 Å². The monoisotopic (exact) mass is 326 g/mol. The van der Waals surface area contributed by atoms with Crippen molar-refractivity contribution in [3.05, 3.63) is 58.4 Å². The van der Waals surface area contributed by atoms with Gasteiger partial charge in [0.2, 0.25) is 0 Å². The zero-order valence-electron chi connectivity index (χ0n) is 10.9. The predicted molar refractivity (Wildman–Crippen MR) is 79.2 cm³/mol. The van der Waals surface area contributed by atoms with Gasteiger partial charge in [0.25, 0.3) is 10.0 Å². The molecule has 1 aliphatic heterocycles. The molecule has 1 aliphatic rings. The van der Waals surface area contributed by atoms with Crippen LogP contribution in [-0.2, 0) is 23.1 Å². The van der Waals surface area contributed by atoms with Crippen LogP contribution in [0.1, 0.15) is 11.1 Å². The molecule has 0 saturated carbocycles. The first-order chi connectivity index (χ1) is 9.95. The van der Waals surface area contributed by atoms with Crippen LogP contribution in [0.4, 0.5) is 10.1 Å². The zero-order chi connectivity index (χ0) is 15.0. The Morgan fingerprint density at radius 2 is 1.86 bits per heavy atom. The Morgan fingerprint density at radius 3 is 2.67 bits per heavy atom. The topological polar surface area (TPSA) is 58.2 Å². The van der Waals surface area contributed by atoms with E-state index in [0.29, 0.717) is 6.54 Å². The number of nitrogens with one attached hydrogen (secondary N) is 2. The van der Waals surface area contributed by atoms with E-state index in [1.807, 2.05) is 0 Å². The van der Waals surface area contributed by atoms with E-state index in [-0.39, 0.29) is 15.6 Å². The fraction of sp³-hybridized carbons (Fsp3) is 0.143. The van der Waals surface area contributed by atoms with E-state index in [4.69, 9.17) is 11.6 Å². The lowest BCUT2D eigenvalue weighted by molar-refractivity contribution is 0.601. The first-order valence-corrected chi connectivity index (χ1v) is 8.12. The summed E-state index contributed by atoms with van der Waals surface area (Å²) in [5.41, 5.74) is 2.05. The van der Waals surface area contributed by atoms with Gasteiger partial charge >= 0.3 is 0 Å². The van der Waals surface area contributed by atoms with Crippen LogP contribution in [0, 0.1) is 5.82 Å². The van der Waals surface area contributed by atoms with Gasteiger partial charge in [-0.25, -0.2) is 12.8 Å². The number of fused-ring (bicyclic) bond motifs is 1. The molecule has 2 aromatic carbocycles. The van der Waals surface area contributed by atoms with Crippen LogP contribution < -0.4 is 10.0 Å². The second-order valence-electron chi connectivity index (χ2n) is 4.76. The van der Waals surface area contributed by atoms with Gasteiger partial charge in [0.15, 0.2) is 0 Å². The third kappa shape index (κ3) is 2.88. The second-order valence-corrected chi connectivity index (χ2v) is 6.85. The molecule has 110 valence electrons. The Hall–Kier alpha value is -1.63. The molecule has 0 spiro atoms. The number of halogens is 2. The zero-order valence-corrected chi connectivity index (χ0v) is 12.4. The van der Waals surface area contributed by atoms with E-state index in [0.717, 1.165) is 23.7 Å². The summed E-state index contributed by atoms with van der Waals surface area (Å²) < 4.78 is 40.2. The molecule has 21 heavy (non-hydrogen) atoms. The normalized spacial score (nSPS) is 14.0. The maximum Gasteiger partial charge on any atom is 0.261 e. The number of sulfonamides is 1. The van der Waals surface area contributed by atoms with Crippen molar-refractivity contribution in [2.24, 2.45) is 0 Å². The number of hydrogen-bond donors (Lipinski definition) is 2. The highest BCUT2D eigenvalue weighted by Gasteiger charge is 2.19. The summed E-state index contributed by atoms with van der Waals surface area (Å²) in [6.45, 7) is 1.37. The summed E-state index contributed by atoms with van der Waals surface area (Å²) in [6, 6.07) is 8.45. The third-order valence-electron chi connectivity index (χ3n) is 3.29. The first kappa shape index (κ1) is 14.3. The Balaban J connectivity index is 1.95. The van der Waals surface area contributed by atoms with Crippen molar-refractivity contribution < 1.29 is 12.8 Å². The number of hydrogen-bond acceptors (Lipinski definition) is 3. The predicted octanol–water partition coefficient (Wildman–Crippen LogP) is 2.88. The molecule has 0 saturated heterocycles. The van der Waals surface area contributed by atoms with Crippen LogP contribution >= 0.6 is 11.6 Å². The second kappa shape index (κ2) is 5.29. The Kier molecular flexibility index (Phi) is 3.61. The van der Waals surface area contributed by atoms with Crippen molar-refractivity contribution in [3.63, 3.8) is 0 Å². The average Bonchev–Trinajstić information content (AvgIpc) is 2.90. The summed E-state index contributed by atoms with van der Waals surface area (Å²) in [5, 5.41) is 3.29.